The lowest BCUT2D eigenvalue weighted by molar-refractivity contribution is -0.114. The second-order valence-corrected chi connectivity index (χ2v) is 9.63. The summed E-state index contributed by atoms with van der Waals surface area (Å²) >= 11 is 1.43. The van der Waals surface area contributed by atoms with Crippen LogP contribution in [0.1, 0.15) is 45.9 Å². The van der Waals surface area contributed by atoms with E-state index in [4.69, 9.17) is 4.74 Å². The number of anilines is 1. The van der Waals surface area contributed by atoms with Crippen molar-refractivity contribution in [2.75, 3.05) is 19.1 Å². The van der Waals surface area contributed by atoms with Gasteiger partial charge in [0.15, 0.2) is 0 Å². The third kappa shape index (κ3) is 4.33. The molecular weight excluding hydrogens is 444 g/mol. The zero-order valence-electron chi connectivity index (χ0n) is 19.2. The summed E-state index contributed by atoms with van der Waals surface area (Å²) < 4.78 is 5.21. The van der Waals surface area contributed by atoms with Crippen LogP contribution in [0, 0.1) is 0 Å². The van der Waals surface area contributed by atoms with Crippen molar-refractivity contribution in [2.45, 2.75) is 30.2 Å². The van der Waals surface area contributed by atoms with Gasteiger partial charge in [-0.15, -0.1) is 0 Å². The molecule has 0 saturated carbocycles. The minimum atomic E-state index is -0.116. The maximum absolute atomic E-state index is 13.1. The molecule has 34 heavy (non-hydrogen) atoms. The molecule has 0 aromatic heterocycles. The fourth-order valence-corrected chi connectivity index (χ4v) is 5.62. The summed E-state index contributed by atoms with van der Waals surface area (Å²) in [5, 5.41) is 3.20. The van der Waals surface area contributed by atoms with Crippen LogP contribution in [-0.4, -0.2) is 26.0 Å². The number of thioether (sulfide) groups is 1. The fourth-order valence-electron chi connectivity index (χ4n) is 4.53. The topological polar surface area (TPSA) is 58.6 Å². The molecule has 2 amide bonds. The van der Waals surface area contributed by atoms with Crippen molar-refractivity contribution in [3.63, 3.8) is 0 Å². The first-order valence-corrected chi connectivity index (χ1v) is 12.2. The summed E-state index contributed by atoms with van der Waals surface area (Å²) in [6, 6.07) is 21.5. The number of hydrogen-bond donors (Lipinski definition) is 1. The van der Waals surface area contributed by atoms with Crippen LogP contribution in [-0.2, 0) is 11.2 Å². The molecule has 1 heterocycles. The highest BCUT2D eigenvalue weighted by Gasteiger charge is 2.28. The molecule has 0 spiro atoms. The van der Waals surface area contributed by atoms with Crippen LogP contribution in [0.3, 0.4) is 0 Å². The van der Waals surface area contributed by atoms with Gasteiger partial charge in [-0.1, -0.05) is 48.2 Å². The summed E-state index contributed by atoms with van der Waals surface area (Å²) in [6.07, 6.45) is 4.93. The molecule has 0 unspecified atom stereocenters. The zero-order chi connectivity index (χ0) is 23.7. The third-order valence-corrected chi connectivity index (χ3v) is 7.48. The molecule has 1 atom stereocenters. The molecule has 1 N–H and O–H groups in total. The van der Waals surface area contributed by atoms with Crippen molar-refractivity contribution in [3.8, 4) is 5.75 Å². The average molecular weight is 471 g/mol. The van der Waals surface area contributed by atoms with Crippen LogP contribution in [0.5, 0.6) is 5.75 Å². The van der Waals surface area contributed by atoms with Crippen molar-refractivity contribution in [2.24, 2.45) is 0 Å². The largest absolute Gasteiger partial charge is 0.497 e. The molecule has 0 radical (unpaired) electrons. The normalized spacial score (nSPS) is 18.3. The first-order valence-electron chi connectivity index (χ1n) is 11.4. The Hall–Kier alpha value is -3.51. The first kappa shape index (κ1) is 22.3. The van der Waals surface area contributed by atoms with E-state index in [1.54, 1.807) is 19.1 Å². The van der Waals surface area contributed by atoms with Gasteiger partial charge in [0, 0.05) is 17.5 Å². The van der Waals surface area contributed by atoms with E-state index in [0.717, 1.165) is 41.2 Å². The predicted octanol–water partition coefficient (Wildman–Crippen LogP) is 5.61. The van der Waals surface area contributed by atoms with Crippen molar-refractivity contribution >= 4 is 35.3 Å². The van der Waals surface area contributed by atoms with Crippen LogP contribution >= 0.6 is 11.8 Å². The Morgan fingerprint density at radius 3 is 2.71 bits per heavy atom. The lowest BCUT2D eigenvalue weighted by Crippen LogP contribution is -2.32. The number of aryl methyl sites for hydroxylation is 1. The summed E-state index contributed by atoms with van der Waals surface area (Å²) in [5.74, 6) is 0.566. The van der Waals surface area contributed by atoms with Crippen LogP contribution in [0.4, 0.5) is 5.69 Å². The second kappa shape index (κ2) is 9.39. The molecule has 3 aromatic rings. The first-order chi connectivity index (χ1) is 16.5. The molecule has 1 aliphatic heterocycles. The number of ether oxygens (including phenoxy) is 1. The van der Waals surface area contributed by atoms with Gasteiger partial charge < -0.3 is 15.0 Å². The van der Waals surface area contributed by atoms with E-state index in [9.17, 15) is 9.59 Å². The van der Waals surface area contributed by atoms with Crippen LogP contribution in [0.2, 0.25) is 0 Å². The van der Waals surface area contributed by atoms with E-state index in [0.29, 0.717) is 10.5 Å². The van der Waals surface area contributed by atoms with Crippen LogP contribution in [0.25, 0.3) is 6.08 Å². The van der Waals surface area contributed by atoms with E-state index in [2.05, 4.69) is 17.4 Å². The van der Waals surface area contributed by atoms with Gasteiger partial charge in [0.2, 0.25) is 0 Å². The Bertz CT molecular complexity index is 1280. The molecule has 2 aliphatic rings. The van der Waals surface area contributed by atoms with Gasteiger partial charge in [0.25, 0.3) is 11.8 Å². The number of nitrogens with zero attached hydrogens (tertiary/aromatic N) is 1. The number of benzene rings is 3. The maximum atomic E-state index is 13.1. The number of methoxy groups -OCH3 is 1. The Morgan fingerprint density at radius 2 is 1.91 bits per heavy atom. The highest BCUT2D eigenvalue weighted by Crippen LogP contribution is 2.42. The maximum Gasteiger partial charge on any atom is 0.264 e. The molecule has 6 heteroatoms. The van der Waals surface area contributed by atoms with Gasteiger partial charge in [-0.3, -0.25) is 9.59 Å². The molecular formula is C28H26N2O3S. The number of nitrogens with one attached hydrogen (secondary N) is 1. The fraction of sp³-hybridized carbons (Fsp3) is 0.214. The van der Waals surface area contributed by atoms with Crippen molar-refractivity contribution in [1.29, 1.82) is 0 Å². The lowest BCUT2D eigenvalue weighted by atomic mass is 9.87. The summed E-state index contributed by atoms with van der Waals surface area (Å²) in [7, 11) is 3.38. The predicted molar refractivity (Wildman–Crippen MR) is 136 cm³/mol. The van der Waals surface area contributed by atoms with Crippen molar-refractivity contribution < 1.29 is 14.3 Å². The van der Waals surface area contributed by atoms with E-state index in [1.807, 2.05) is 60.7 Å². The number of amides is 2. The Kier molecular flexibility index (Phi) is 6.16. The average Bonchev–Trinajstić information content (AvgIpc) is 2.87. The van der Waals surface area contributed by atoms with Gasteiger partial charge in [0.05, 0.1) is 23.7 Å². The third-order valence-electron chi connectivity index (χ3n) is 6.41. The Morgan fingerprint density at radius 1 is 1.12 bits per heavy atom. The van der Waals surface area contributed by atoms with Gasteiger partial charge in [-0.2, -0.15) is 0 Å². The summed E-state index contributed by atoms with van der Waals surface area (Å²) in [4.78, 5) is 29.4. The van der Waals surface area contributed by atoms with Crippen LogP contribution < -0.4 is 15.0 Å². The SMILES string of the molecule is COc1ccc(/C=C2\Sc3ccc(C(=O)N[C@H]4CCCc5ccccc54)cc3N(C)C2=O)cc1. The monoisotopic (exact) mass is 470 g/mol. The highest BCUT2D eigenvalue weighted by molar-refractivity contribution is 8.04. The molecule has 5 rings (SSSR count). The molecule has 172 valence electrons. The Labute approximate surface area is 203 Å². The summed E-state index contributed by atoms with van der Waals surface area (Å²) in [5.41, 5.74) is 4.75. The van der Waals surface area contributed by atoms with E-state index in [-0.39, 0.29) is 17.9 Å². The van der Waals surface area contributed by atoms with Gasteiger partial charge in [-0.05, 0) is 72.4 Å². The molecule has 0 bridgehead atoms. The second-order valence-electron chi connectivity index (χ2n) is 8.55. The van der Waals surface area contributed by atoms with Gasteiger partial charge in [-0.25, -0.2) is 0 Å². The number of carbonyl (C=O) groups excluding carboxylic acids is 2. The minimum absolute atomic E-state index is 0.0150. The van der Waals surface area contributed by atoms with E-state index in [1.165, 1.54) is 22.9 Å². The van der Waals surface area contributed by atoms with E-state index < -0.39 is 0 Å². The zero-order valence-corrected chi connectivity index (χ0v) is 20.0. The number of rotatable bonds is 4. The standard InChI is InChI=1S/C28H26N2O3S/c1-30-24-17-20(27(31)29-23-9-5-7-19-6-3-4-8-22(19)23)12-15-25(24)34-26(28(30)32)16-18-10-13-21(33-2)14-11-18/h3-4,6,8,10-17,23H,5,7,9H2,1-2H3,(H,29,31)/b26-16-/t23-/m0/s1. The van der Waals surface area contributed by atoms with Crippen molar-refractivity contribution in [3.05, 3.63) is 93.9 Å². The Balaban J connectivity index is 1.36. The molecule has 1 aliphatic carbocycles. The number of hydrogen-bond acceptors (Lipinski definition) is 4. The molecule has 3 aromatic carbocycles. The number of carbonyl (C=O) groups is 2. The lowest BCUT2D eigenvalue weighted by Gasteiger charge is -2.28. The van der Waals surface area contributed by atoms with Gasteiger partial charge in [0.1, 0.15) is 5.75 Å². The minimum Gasteiger partial charge on any atom is -0.497 e. The van der Waals surface area contributed by atoms with Crippen LogP contribution in [0.15, 0.2) is 76.5 Å². The quantitative estimate of drug-likeness (QED) is 0.504. The smallest absolute Gasteiger partial charge is 0.264 e. The van der Waals surface area contributed by atoms with E-state index >= 15 is 0 Å². The van der Waals surface area contributed by atoms with Crippen molar-refractivity contribution in [1.82, 2.24) is 5.32 Å². The molecule has 0 fully saturated rings. The number of likely N-dealkylation sites (N-methyl/N-ethyl adjacent to an activating group) is 1. The van der Waals surface area contributed by atoms with Gasteiger partial charge >= 0.3 is 0 Å². The molecule has 5 nitrogen and oxygen atoms in total. The number of fused-ring (bicyclic) bond motifs is 2. The highest BCUT2D eigenvalue weighted by atomic mass is 32.2. The summed E-state index contributed by atoms with van der Waals surface area (Å²) in [6.45, 7) is 0. The molecule has 0 saturated heterocycles.